The maximum atomic E-state index is 12.3. The van der Waals surface area contributed by atoms with E-state index in [-0.39, 0.29) is 6.03 Å². The van der Waals surface area contributed by atoms with Gasteiger partial charge < -0.3 is 20.3 Å². The summed E-state index contributed by atoms with van der Waals surface area (Å²) in [6.07, 6.45) is 1.22. The number of amides is 2. The second-order valence-corrected chi connectivity index (χ2v) is 7.20. The molecule has 5 nitrogen and oxygen atoms in total. The first-order chi connectivity index (χ1) is 12.7. The highest BCUT2D eigenvalue weighted by Crippen LogP contribution is 2.40. The third-order valence-electron chi connectivity index (χ3n) is 5.25. The largest absolute Gasteiger partial charge is 0.497 e. The molecule has 0 aromatic heterocycles. The van der Waals surface area contributed by atoms with E-state index < -0.39 is 0 Å². The highest BCUT2D eigenvalue weighted by molar-refractivity contribution is 5.90. The highest BCUT2D eigenvalue weighted by Gasteiger charge is 2.39. The number of anilines is 1. The summed E-state index contributed by atoms with van der Waals surface area (Å²) in [4.78, 5) is 14.1. The van der Waals surface area contributed by atoms with Crippen LogP contribution in [0.15, 0.2) is 54.6 Å². The Morgan fingerprint density at radius 2 is 1.96 bits per heavy atom. The summed E-state index contributed by atoms with van der Waals surface area (Å²) in [5.74, 6) is 1.94. The number of hydrogen-bond donors (Lipinski definition) is 2. The zero-order valence-corrected chi connectivity index (χ0v) is 15.0. The van der Waals surface area contributed by atoms with Crippen LogP contribution in [0.25, 0.3) is 0 Å². The molecule has 26 heavy (non-hydrogen) atoms. The number of carbonyl (C=O) groups is 1. The molecule has 0 unspecified atom stereocenters. The van der Waals surface area contributed by atoms with Crippen molar-refractivity contribution in [3.05, 3.63) is 60.2 Å². The van der Waals surface area contributed by atoms with Gasteiger partial charge in [0.15, 0.2) is 0 Å². The van der Waals surface area contributed by atoms with Gasteiger partial charge in [-0.2, -0.15) is 0 Å². The number of ether oxygens (including phenoxy) is 1. The van der Waals surface area contributed by atoms with Crippen LogP contribution < -0.4 is 15.4 Å². The van der Waals surface area contributed by atoms with E-state index in [0.29, 0.717) is 17.9 Å². The number of hydrogen-bond acceptors (Lipinski definition) is 3. The van der Waals surface area contributed by atoms with E-state index in [1.54, 1.807) is 7.11 Å². The fourth-order valence-electron chi connectivity index (χ4n) is 3.58. The molecule has 1 saturated carbocycles. The summed E-state index contributed by atoms with van der Waals surface area (Å²) < 4.78 is 5.18. The van der Waals surface area contributed by atoms with Crippen molar-refractivity contribution in [3.8, 4) is 5.75 Å². The van der Waals surface area contributed by atoms with Gasteiger partial charge in [0, 0.05) is 49.3 Å². The first kappa shape index (κ1) is 16.9. The van der Waals surface area contributed by atoms with Crippen molar-refractivity contribution in [1.82, 2.24) is 10.2 Å². The van der Waals surface area contributed by atoms with Crippen LogP contribution in [0.1, 0.15) is 17.9 Å². The van der Waals surface area contributed by atoms with Crippen molar-refractivity contribution >= 4 is 11.7 Å². The lowest BCUT2D eigenvalue weighted by molar-refractivity contribution is 0.129. The van der Waals surface area contributed by atoms with E-state index in [1.165, 1.54) is 12.0 Å². The maximum absolute atomic E-state index is 12.3. The minimum absolute atomic E-state index is 0.0388. The van der Waals surface area contributed by atoms with Gasteiger partial charge in [-0.1, -0.05) is 36.4 Å². The van der Waals surface area contributed by atoms with Crippen LogP contribution in [0, 0.1) is 5.92 Å². The van der Waals surface area contributed by atoms with Crippen molar-refractivity contribution in [2.24, 2.45) is 5.92 Å². The summed E-state index contributed by atoms with van der Waals surface area (Å²) in [5, 5.41) is 6.59. The maximum Gasteiger partial charge on any atom is 0.321 e. The van der Waals surface area contributed by atoms with Gasteiger partial charge in [0.25, 0.3) is 0 Å². The third-order valence-corrected chi connectivity index (χ3v) is 5.25. The van der Waals surface area contributed by atoms with Crippen molar-refractivity contribution in [2.75, 3.05) is 32.1 Å². The van der Waals surface area contributed by atoms with E-state index in [1.807, 2.05) is 29.2 Å². The van der Waals surface area contributed by atoms with Gasteiger partial charge >= 0.3 is 6.03 Å². The molecule has 0 radical (unpaired) electrons. The molecule has 136 valence electrons. The minimum atomic E-state index is -0.0388. The lowest BCUT2D eigenvalue weighted by Gasteiger charge is -2.39. The predicted octanol–water partition coefficient (Wildman–Crippen LogP) is 3.30. The number of urea groups is 1. The van der Waals surface area contributed by atoms with Crippen LogP contribution in [0.4, 0.5) is 10.5 Å². The van der Waals surface area contributed by atoms with Gasteiger partial charge in [-0.25, -0.2) is 4.79 Å². The predicted molar refractivity (Wildman–Crippen MR) is 103 cm³/mol. The van der Waals surface area contributed by atoms with Gasteiger partial charge in [0.05, 0.1) is 7.11 Å². The number of nitrogens with zero attached hydrogens (tertiary/aromatic N) is 1. The number of carbonyl (C=O) groups excluding carboxylic acids is 1. The fraction of sp³-hybridized carbons (Fsp3) is 0.381. The molecule has 2 aliphatic rings. The van der Waals surface area contributed by atoms with Gasteiger partial charge in [0.2, 0.25) is 0 Å². The Labute approximate surface area is 154 Å². The molecule has 5 heteroatoms. The molecule has 1 aliphatic heterocycles. The molecule has 1 saturated heterocycles. The van der Waals surface area contributed by atoms with E-state index in [4.69, 9.17) is 4.74 Å². The van der Waals surface area contributed by atoms with Crippen LogP contribution in [0.2, 0.25) is 0 Å². The number of rotatable bonds is 6. The highest BCUT2D eigenvalue weighted by atomic mass is 16.5. The summed E-state index contributed by atoms with van der Waals surface area (Å²) in [6.45, 7) is 2.61. The molecule has 1 aliphatic carbocycles. The van der Waals surface area contributed by atoms with E-state index in [2.05, 4.69) is 41.0 Å². The summed E-state index contributed by atoms with van der Waals surface area (Å²) in [7, 11) is 1.62. The van der Waals surface area contributed by atoms with Gasteiger partial charge in [-0.15, -0.1) is 0 Å². The Bertz CT molecular complexity index is 759. The Morgan fingerprint density at radius 3 is 2.73 bits per heavy atom. The van der Waals surface area contributed by atoms with Crippen molar-refractivity contribution in [2.45, 2.75) is 18.4 Å². The minimum Gasteiger partial charge on any atom is -0.497 e. The summed E-state index contributed by atoms with van der Waals surface area (Å²) in [6, 6.07) is 18.7. The number of likely N-dealkylation sites (tertiary alicyclic amines) is 1. The molecule has 2 aromatic carbocycles. The Hall–Kier alpha value is -2.53. The molecule has 2 fully saturated rings. The number of benzene rings is 2. The second-order valence-electron chi connectivity index (χ2n) is 7.20. The first-order valence-corrected chi connectivity index (χ1v) is 9.21. The summed E-state index contributed by atoms with van der Waals surface area (Å²) in [5.41, 5.74) is 2.19. The van der Waals surface area contributed by atoms with Crippen molar-refractivity contribution < 1.29 is 9.53 Å². The fourth-order valence-corrected chi connectivity index (χ4v) is 3.58. The molecule has 4 rings (SSSR count). The topological polar surface area (TPSA) is 53.6 Å². The van der Waals surface area contributed by atoms with Crippen LogP contribution in [0.3, 0.4) is 0 Å². The standard InChI is InChI=1S/C21H25N3O2/c1-26-18-9-5-8-17(10-18)23-21(25)24-13-15(14-24)12-22-20-11-19(20)16-6-3-2-4-7-16/h2-10,15,19-20,22H,11-14H2,1H3,(H,23,25)/t19-,20+/m0/s1. The molecular weight excluding hydrogens is 326 g/mol. The molecule has 2 aromatic rings. The SMILES string of the molecule is COc1cccc(NC(=O)N2CC(CN[C@@H]3C[C@H]3c3ccccc3)C2)c1. The molecule has 2 N–H and O–H groups in total. The van der Waals surface area contributed by atoms with E-state index in [9.17, 15) is 4.79 Å². The first-order valence-electron chi connectivity index (χ1n) is 9.21. The van der Waals surface area contributed by atoms with E-state index in [0.717, 1.165) is 31.1 Å². The molecule has 2 atom stereocenters. The van der Waals surface area contributed by atoms with Crippen molar-refractivity contribution in [1.29, 1.82) is 0 Å². The zero-order valence-electron chi connectivity index (χ0n) is 15.0. The Kier molecular flexibility index (Phi) is 4.80. The smallest absolute Gasteiger partial charge is 0.321 e. The molecule has 1 heterocycles. The third kappa shape index (κ3) is 3.83. The Balaban J connectivity index is 1.17. The normalized spacial score (nSPS) is 21.8. The van der Waals surface area contributed by atoms with Crippen molar-refractivity contribution in [3.63, 3.8) is 0 Å². The Morgan fingerprint density at radius 1 is 1.15 bits per heavy atom. The molecule has 2 amide bonds. The number of methoxy groups -OCH3 is 1. The number of nitrogens with one attached hydrogen (secondary N) is 2. The van der Waals surface area contributed by atoms with Crippen LogP contribution in [-0.2, 0) is 0 Å². The van der Waals surface area contributed by atoms with Gasteiger partial charge in [-0.05, 0) is 24.1 Å². The molecule has 0 bridgehead atoms. The second kappa shape index (κ2) is 7.38. The lowest BCUT2D eigenvalue weighted by atomic mass is 10.0. The quantitative estimate of drug-likeness (QED) is 0.840. The average Bonchev–Trinajstić information content (AvgIpc) is 3.41. The average molecular weight is 351 g/mol. The lowest BCUT2D eigenvalue weighted by Crippen LogP contribution is -2.54. The van der Waals surface area contributed by atoms with Crippen LogP contribution in [0.5, 0.6) is 5.75 Å². The summed E-state index contributed by atoms with van der Waals surface area (Å²) >= 11 is 0. The zero-order chi connectivity index (χ0) is 17.9. The molecule has 0 spiro atoms. The van der Waals surface area contributed by atoms with E-state index >= 15 is 0 Å². The van der Waals surface area contributed by atoms with Gasteiger partial charge in [0.1, 0.15) is 5.75 Å². The monoisotopic (exact) mass is 351 g/mol. The van der Waals surface area contributed by atoms with Gasteiger partial charge in [-0.3, -0.25) is 0 Å². The molecular formula is C21H25N3O2. The van der Waals surface area contributed by atoms with Crippen LogP contribution >= 0.6 is 0 Å². The van der Waals surface area contributed by atoms with Crippen LogP contribution in [-0.4, -0.2) is 43.7 Å².